The second-order valence-corrected chi connectivity index (χ2v) is 9.30. The van der Waals surface area contributed by atoms with Gasteiger partial charge in [0.05, 0.1) is 29.2 Å². The predicted octanol–water partition coefficient (Wildman–Crippen LogP) is 5.70. The van der Waals surface area contributed by atoms with Gasteiger partial charge in [-0.2, -0.15) is 0 Å². The number of carbonyl (C=O) groups is 1. The second-order valence-electron chi connectivity index (χ2n) is 8.39. The van der Waals surface area contributed by atoms with Crippen molar-refractivity contribution in [1.82, 2.24) is 14.5 Å². The normalized spacial score (nSPS) is 12.0. The summed E-state index contributed by atoms with van der Waals surface area (Å²) in [4.78, 5) is 34.2. The van der Waals surface area contributed by atoms with Crippen molar-refractivity contribution >= 4 is 32.7 Å². The highest BCUT2D eigenvalue weighted by molar-refractivity contribution is 9.10. The Hall–Kier alpha value is -3.29. The zero-order valence-electron chi connectivity index (χ0n) is 20.1. The molecular formula is C28H28BrN3O3. The molecule has 4 aromatic rings. The molecule has 1 atom stereocenters. The van der Waals surface area contributed by atoms with Crippen molar-refractivity contribution in [3.8, 4) is 5.69 Å². The molecule has 0 radical (unpaired) electrons. The number of hydrogen-bond acceptors (Lipinski definition) is 4. The minimum absolute atomic E-state index is 0.139. The molecule has 0 aliphatic heterocycles. The molecule has 35 heavy (non-hydrogen) atoms. The molecular weight excluding hydrogens is 506 g/mol. The van der Waals surface area contributed by atoms with Crippen molar-refractivity contribution in [2.24, 2.45) is 0 Å². The lowest BCUT2D eigenvalue weighted by atomic mass is 10.1. The van der Waals surface area contributed by atoms with Crippen molar-refractivity contribution in [2.45, 2.75) is 26.3 Å². The van der Waals surface area contributed by atoms with Crippen LogP contribution in [-0.4, -0.2) is 40.6 Å². The maximum absolute atomic E-state index is 13.8. The first-order valence-electron chi connectivity index (χ1n) is 11.6. The summed E-state index contributed by atoms with van der Waals surface area (Å²) in [5, 5.41) is 0.537. The fourth-order valence-electron chi connectivity index (χ4n) is 4.28. The van der Waals surface area contributed by atoms with Crippen LogP contribution >= 0.6 is 15.9 Å². The van der Waals surface area contributed by atoms with Gasteiger partial charge in [0.1, 0.15) is 5.82 Å². The van der Waals surface area contributed by atoms with Crippen LogP contribution in [0.2, 0.25) is 0 Å². The van der Waals surface area contributed by atoms with E-state index in [0.29, 0.717) is 41.9 Å². The quantitative estimate of drug-likeness (QED) is 0.291. The van der Waals surface area contributed by atoms with Gasteiger partial charge in [0, 0.05) is 23.7 Å². The highest BCUT2D eigenvalue weighted by atomic mass is 79.9. The Morgan fingerprint density at radius 1 is 1.09 bits per heavy atom. The van der Waals surface area contributed by atoms with Crippen LogP contribution < -0.4 is 5.56 Å². The molecule has 0 bridgehead atoms. The lowest BCUT2D eigenvalue weighted by Crippen LogP contribution is -2.40. The van der Waals surface area contributed by atoms with Crippen molar-refractivity contribution in [3.63, 3.8) is 0 Å². The van der Waals surface area contributed by atoms with E-state index in [1.807, 2.05) is 68.4 Å². The van der Waals surface area contributed by atoms with Gasteiger partial charge in [0.15, 0.2) is 0 Å². The SMILES string of the molecule is CCC(c1nc2ccccc2c(=O)n1-c1cccc(C)c1)N(CCOC)C(=O)c1ccc(Br)cc1. The van der Waals surface area contributed by atoms with Crippen LogP contribution in [0, 0.1) is 6.92 Å². The molecule has 3 aromatic carbocycles. The first kappa shape index (κ1) is 24.8. The molecule has 0 aliphatic carbocycles. The standard InChI is InChI=1S/C28H28BrN3O3/c1-4-25(31(16-17-35-3)27(33)20-12-14-21(29)15-13-20)26-30-24-11-6-5-10-23(24)28(34)32(26)22-9-7-8-19(2)18-22/h5-15,18,25H,4,16-17H2,1-3H3. The van der Waals surface area contributed by atoms with Crippen LogP contribution in [0.25, 0.3) is 16.6 Å². The van der Waals surface area contributed by atoms with E-state index in [1.54, 1.807) is 34.8 Å². The van der Waals surface area contributed by atoms with Gasteiger partial charge in [0.2, 0.25) is 0 Å². The number of carbonyl (C=O) groups excluding carboxylic acids is 1. The number of halogens is 1. The minimum Gasteiger partial charge on any atom is -0.383 e. The van der Waals surface area contributed by atoms with Crippen LogP contribution in [0.15, 0.2) is 82.1 Å². The number of aromatic nitrogens is 2. The lowest BCUT2D eigenvalue weighted by molar-refractivity contribution is 0.0579. The zero-order valence-corrected chi connectivity index (χ0v) is 21.7. The van der Waals surface area contributed by atoms with Crippen molar-refractivity contribution < 1.29 is 9.53 Å². The summed E-state index contributed by atoms with van der Waals surface area (Å²) >= 11 is 3.43. The molecule has 180 valence electrons. The number of fused-ring (bicyclic) bond motifs is 1. The number of rotatable bonds is 8. The number of ether oxygens (including phenoxy) is 1. The summed E-state index contributed by atoms with van der Waals surface area (Å²) in [5.74, 6) is 0.392. The fraction of sp³-hybridized carbons (Fsp3) is 0.250. The Morgan fingerprint density at radius 3 is 2.51 bits per heavy atom. The highest BCUT2D eigenvalue weighted by Crippen LogP contribution is 2.28. The van der Waals surface area contributed by atoms with E-state index in [-0.39, 0.29) is 11.5 Å². The molecule has 1 amide bonds. The highest BCUT2D eigenvalue weighted by Gasteiger charge is 2.29. The topological polar surface area (TPSA) is 64.4 Å². The largest absolute Gasteiger partial charge is 0.383 e. The Labute approximate surface area is 213 Å². The van der Waals surface area contributed by atoms with Crippen molar-refractivity contribution in [1.29, 1.82) is 0 Å². The van der Waals surface area contributed by atoms with Crippen LogP contribution in [0.1, 0.15) is 41.1 Å². The molecule has 6 nitrogen and oxygen atoms in total. The Bertz CT molecular complexity index is 1400. The second kappa shape index (κ2) is 11.0. The van der Waals surface area contributed by atoms with Gasteiger partial charge in [-0.25, -0.2) is 4.98 Å². The number of para-hydroxylation sites is 1. The molecule has 1 heterocycles. The molecule has 0 aliphatic rings. The zero-order chi connectivity index (χ0) is 24.9. The van der Waals surface area contributed by atoms with E-state index >= 15 is 0 Å². The molecule has 0 spiro atoms. The monoisotopic (exact) mass is 533 g/mol. The van der Waals surface area contributed by atoms with Gasteiger partial charge in [-0.3, -0.25) is 14.2 Å². The smallest absolute Gasteiger partial charge is 0.266 e. The number of hydrogen-bond donors (Lipinski definition) is 0. The lowest BCUT2D eigenvalue weighted by Gasteiger charge is -2.32. The number of benzene rings is 3. The Morgan fingerprint density at radius 2 is 1.83 bits per heavy atom. The molecule has 4 rings (SSSR count). The van der Waals surface area contributed by atoms with E-state index < -0.39 is 6.04 Å². The van der Waals surface area contributed by atoms with Crippen molar-refractivity contribution in [2.75, 3.05) is 20.3 Å². The van der Waals surface area contributed by atoms with Gasteiger partial charge in [-0.05, 0) is 67.4 Å². The number of methoxy groups -OCH3 is 1. The summed E-state index contributed by atoms with van der Waals surface area (Å²) in [5.41, 5.74) is 2.77. The molecule has 1 unspecified atom stereocenters. The van der Waals surface area contributed by atoms with E-state index in [0.717, 1.165) is 15.7 Å². The maximum atomic E-state index is 13.8. The molecule has 0 saturated heterocycles. The van der Waals surface area contributed by atoms with E-state index in [1.165, 1.54) is 0 Å². The van der Waals surface area contributed by atoms with Gasteiger partial charge >= 0.3 is 0 Å². The first-order chi connectivity index (χ1) is 16.9. The summed E-state index contributed by atoms with van der Waals surface area (Å²) in [7, 11) is 1.61. The Balaban J connectivity index is 1.94. The van der Waals surface area contributed by atoms with E-state index in [4.69, 9.17) is 9.72 Å². The van der Waals surface area contributed by atoms with E-state index in [2.05, 4.69) is 15.9 Å². The third kappa shape index (κ3) is 5.21. The third-order valence-corrected chi connectivity index (χ3v) is 6.54. The van der Waals surface area contributed by atoms with Crippen LogP contribution in [0.4, 0.5) is 0 Å². The van der Waals surface area contributed by atoms with E-state index in [9.17, 15) is 9.59 Å². The molecule has 1 aromatic heterocycles. The summed E-state index contributed by atoms with van der Waals surface area (Å²) in [6.45, 7) is 4.71. The van der Waals surface area contributed by atoms with Gasteiger partial charge in [-0.15, -0.1) is 0 Å². The van der Waals surface area contributed by atoms with Crippen LogP contribution in [0.3, 0.4) is 0 Å². The maximum Gasteiger partial charge on any atom is 0.266 e. The molecule has 0 N–H and O–H groups in total. The number of nitrogens with zero attached hydrogens (tertiary/aromatic N) is 3. The van der Waals surface area contributed by atoms with Crippen molar-refractivity contribution in [3.05, 3.63) is 105 Å². The molecule has 7 heteroatoms. The Kier molecular flexibility index (Phi) is 7.78. The summed E-state index contributed by atoms with van der Waals surface area (Å²) < 4.78 is 7.89. The van der Waals surface area contributed by atoms with Gasteiger partial charge in [-0.1, -0.05) is 47.1 Å². The first-order valence-corrected chi connectivity index (χ1v) is 12.4. The summed E-state index contributed by atoms with van der Waals surface area (Å²) in [6, 6.07) is 21.9. The number of amides is 1. The third-order valence-electron chi connectivity index (χ3n) is 6.01. The summed E-state index contributed by atoms with van der Waals surface area (Å²) in [6.07, 6.45) is 0.572. The average molecular weight is 534 g/mol. The van der Waals surface area contributed by atoms with Crippen LogP contribution in [0.5, 0.6) is 0 Å². The molecule has 0 saturated carbocycles. The number of aryl methyl sites for hydroxylation is 1. The average Bonchev–Trinajstić information content (AvgIpc) is 2.86. The van der Waals surface area contributed by atoms with Gasteiger partial charge in [0.25, 0.3) is 11.5 Å². The minimum atomic E-state index is -0.445. The predicted molar refractivity (Wildman–Crippen MR) is 142 cm³/mol. The van der Waals surface area contributed by atoms with Crippen LogP contribution in [-0.2, 0) is 4.74 Å². The van der Waals surface area contributed by atoms with Gasteiger partial charge < -0.3 is 9.64 Å². The molecule has 0 fully saturated rings. The fourth-order valence-corrected chi connectivity index (χ4v) is 4.54.